The SMILES string of the molecule is O=C(Nc1ccc(Cl)cn1)C1CCCN(C(=O)c2ccn[nH]2)C1. The number of anilines is 1. The van der Waals surface area contributed by atoms with Gasteiger partial charge in [-0.1, -0.05) is 11.6 Å². The van der Waals surface area contributed by atoms with Gasteiger partial charge in [0, 0.05) is 25.5 Å². The number of pyridine rings is 1. The average Bonchev–Trinajstić information content (AvgIpc) is 3.11. The monoisotopic (exact) mass is 333 g/mol. The van der Waals surface area contributed by atoms with Gasteiger partial charge in [-0.05, 0) is 31.0 Å². The number of likely N-dealkylation sites (tertiary alicyclic amines) is 1. The van der Waals surface area contributed by atoms with Crippen molar-refractivity contribution in [2.24, 2.45) is 5.92 Å². The molecule has 3 rings (SSSR count). The molecule has 1 unspecified atom stereocenters. The summed E-state index contributed by atoms with van der Waals surface area (Å²) in [5.41, 5.74) is 0.436. The molecule has 0 bridgehead atoms. The topological polar surface area (TPSA) is 91.0 Å². The minimum absolute atomic E-state index is 0.135. The lowest BCUT2D eigenvalue weighted by atomic mass is 9.97. The van der Waals surface area contributed by atoms with Crippen LogP contribution < -0.4 is 5.32 Å². The summed E-state index contributed by atoms with van der Waals surface area (Å²) in [7, 11) is 0. The number of hydrogen-bond acceptors (Lipinski definition) is 4. The number of aromatic nitrogens is 3. The first-order chi connectivity index (χ1) is 11.1. The van der Waals surface area contributed by atoms with E-state index in [1.165, 1.54) is 12.4 Å². The Labute approximate surface area is 138 Å². The molecule has 3 heterocycles. The Kier molecular flexibility index (Phi) is 4.57. The van der Waals surface area contributed by atoms with Crippen LogP contribution in [0.25, 0.3) is 0 Å². The van der Waals surface area contributed by atoms with Gasteiger partial charge in [0.1, 0.15) is 11.5 Å². The van der Waals surface area contributed by atoms with E-state index in [0.717, 1.165) is 12.8 Å². The van der Waals surface area contributed by atoms with Crippen LogP contribution in [-0.2, 0) is 4.79 Å². The Bertz CT molecular complexity index is 686. The lowest BCUT2D eigenvalue weighted by molar-refractivity contribution is -0.121. The second kappa shape index (κ2) is 6.78. The minimum atomic E-state index is -0.256. The van der Waals surface area contributed by atoms with E-state index in [-0.39, 0.29) is 17.7 Å². The molecule has 0 spiro atoms. The van der Waals surface area contributed by atoms with E-state index in [1.807, 2.05) is 0 Å². The van der Waals surface area contributed by atoms with Crippen LogP contribution in [0.2, 0.25) is 5.02 Å². The summed E-state index contributed by atoms with van der Waals surface area (Å²) < 4.78 is 0. The predicted molar refractivity (Wildman–Crippen MR) is 85.1 cm³/mol. The van der Waals surface area contributed by atoms with E-state index in [2.05, 4.69) is 20.5 Å². The zero-order chi connectivity index (χ0) is 16.2. The van der Waals surface area contributed by atoms with Crippen LogP contribution in [0.5, 0.6) is 0 Å². The number of nitrogens with one attached hydrogen (secondary N) is 2. The first-order valence-corrected chi connectivity index (χ1v) is 7.72. The molecular formula is C15H16ClN5O2. The van der Waals surface area contributed by atoms with Crippen molar-refractivity contribution in [2.45, 2.75) is 12.8 Å². The van der Waals surface area contributed by atoms with Gasteiger partial charge in [-0.2, -0.15) is 5.10 Å². The third kappa shape index (κ3) is 3.68. The molecule has 8 heteroatoms. The normalized spacial score (nSPS) is 17.8. The Hall–Kier alpha value is -2.41. The van der Waals surface area contributed by atoms with Crippen LogP contribution >= 0.6 is 11.6 Å². The van der Waals surface area contributed by atoms with Gasteiger partial charge >= 0.3 is 0 Å². The lowest BCUT2D eigenvalue weighted by Gasteiger charge is -2.31. The number of piperidine rings is 1. The van der Waals surface area contributed by atoms with E-state index in [0.29, 0.717) is 29.6 Å². The van der Waals surface area contributed by atoms with E-state index in [9.17, 15) is 9.59 Å². The van der Waals surface area contributed by atoms with Crippen LogP contribution in [0.1, 0.15) is 23.3 Å². The minimum Gasteiger partial charge on any atom is -0.337 e. The molecule has 2 aromatic rings. The fraction of sp³-hybridized carbons (Fsp3) is 0.333. The number of H-pyrrole nitrogens is 1. The molecular weight excluding hydrogens is 318 g/mol. The number of aromatic amines is 1. The molecule has 0 radical (unpaired) electrons. The smallest absolute Gasteiger partial charge is 0.271 e. The van der Waals surface area contributed by atoms with Crippen LogP contribution in [0.3, 0.4) is 0 Å². The van der Waals surface area contributed by atoms with Gasteiger partial charge < -0.3 is 10.2 Å². The van der Waals surface area contributed by atoms with Gasteiger partial charge in [-0.15, -0.1) is 0 Å². The molecule has 1 aliphatic heterocycles. The number of rotatable bonds is 3. The highest BCUT2D eigenvalue weighted by atomic mass is 35.5. The maximum absolute atomic E-state index is 12.4. The molecule has 23 heavy (non-hydrogen) atoms. The van der Waals surface area contributed by atoms with Gasteiger partial charge in [0.05, 0.1) is 10.9 Å². The first kappa shape index (κ1) is 15.5. The van der Waals surface area contributed by atoms with Gasteiger partial charge in [0.2, 0.25) is 5.91 Å². The number of carbonyl (C=O) groups excluding carboxylic acids is 2. The van der Waals surface area contributed by atoms with E-state index in [4.69, 9.17) is 11.6 Å². The van der Waals surface area contributed by atoms with Gasteiger partial charge in [-0.25, -0.2) is 4.98 Å². The van der Waals surface area contributed by atoms with Crippen molar-refractivity contribution in [3.05, 3.63) is 41.3 Å². The first-order valence-electron chi connectivity index (χ1n) is 7.34. The third-order valence-corrected chi connectivity index (χ3v) is 4.01. The summed E-state index contributed by atoms with van der Waals surface area (Å²) in [4.78, 5) is 30.4. The Morgan fingerprint density at radius 1 is 1.35 bits per heavy atom. The molecule has 1 fully saturated rings. The van der Waals surface area contributed by atoms with Crippen LogP contribution in [0, 0.1) is 5.92 Å². The van der Waals surface area contributed by atoms with Crippen molar-refractivity contribution >= 4 is 29.2 Å². The van der Waals surface area contributed by atoms with Crippen molar-refractivity contribution in [3.8, 4) is 0 Å². The fourth-order valence-electron chi connectivity index (χ4n) is 2.60. The molecule has 2 aromatic heterocycles. The van der Waals surface area contributed by atoms with Gasteiger partial charge in [-0.3, -0.25) is 14.7 Å². The summed E-state index contributed by atoms with van der Waals surface area (Å²) in [6.45, 7) is 1.03. The molecule has 1 aliphatic rings. The number of hydrogen-bond donors (Lipinski definition) is 2. The predicted octanol–water partition coefficient (Wildman–Crippen LogP) is 1.95. The highest BCUT2D eigenvalue weighted by molar-refractivity contribution is 6.30. The molecule has 2 amide bonds. The number of carbonyl (C=O) groups is 2. The second-order valence-electron chi connectivity index (χ2n) is 5.41. The van der Waals surface area contributed by atoms with E-state index < -0.39 is 0 Å². The van der Waals surface area contributed by atoms with E-state index >= 15 is 0 Å². The number of amides is 2. The summed E-state index contributed by atoms with van der Waals surface area (Å²) in [5, 5.41) is 9.72. The summed E-state index contributed by atoms with van der Waals surface area (Å²) in [6.07, 6.45) is 4.54. The quantitative estimate of drug-likeness (QED) is 0.898. The van der Waals surface area contributed by atoms with Gasteiger partial charge in [0.15, 0.2) is 0 Å². The number of nitrogens with zero attached hydrogens (tertiary/aromatic N) is 3. The Morgan fingerprint density at radius 3 is 2.91 bits per heavy atom. The summed E-state index contributed by atoms with van der Waals surface area (Å²) in [6, 6.07) is 4.94. The zero-order valence-electron chi connectivity index (χ0n) is 12.3. The molecule has 0 aromatic carbocycles. The Morgan fingerprint density at radius 2 is 2.22 bits per heavy atom. The van der Waals surface area contributed by atoms with Crippen molar-refractivity contribution in [1.29, 1.82) is 0 Å². The van der Waals surface area contributed by atoms with Crippen LogP contribution in [0.15, 0.2) is 30.6 Å². The fourth-order valence-corrected chi connectivity index (χ4v) is 2.71. The van der Waals surface area contributed by atoms with Crippen molar-refractivity contribution in [2.75, 3.05) is 18.4 Å². The zero-order valence-corrected chi connectivity index (χ0v) is 13.1. The maximum atomic E-state index is 12.4. The Balaban J connectivity index is 1.62. The standard InChI is InChI=1S/C15H16ClN5O2/c16-11-3-4-13(17-8-11)19-14(22)10-2-1-7-21(9-10)15(23)12-5-6-18-20-12/h3-6,8,10H,1-2,7,9H2,(H,18,20)(H,17,19,22). The molecule has 120 valence electrons. The summed E-state index contributed by atoms with van der Waals surface area (Å²) >= 11 is 5.77. The average molecular weight is 334 g/mol. The van der Waals surface area contributed by atoms with Crippen molar-refractivity contribution < 1.29 is 9.59 Å². The van der Waals surface area contributed by atoms with Crippen LogP contribution in [0.4, 0.5) is 5.82 Å². The number of halogens is 1. The lowest BCUT2D eigenvalue weighted by Crippen LogP contribution is -2.44. The van der Waals surface area contributed by atoms with Crippen LogP contribution in [-0.4, -0.2) is 45.0 Å². The van der Waals surface area contributed by atoms with E-state index in [1.54, 1.807) is 23.1 Å². The molecule has 1 saturated heterocycles. The van der Waals surface area contributed by atoms with Crippen molar-refractivity contribution in [3.63, 3.8) is 0 Å². The molecule has 2 N–H and O–H groups in total. The molecule has 0 aliphatic carbocycles. The molecule has 7 nitrogen and oxygen atoms in total. The highest BCUT2D eigenvalue weighted by Gasteiger charge is 2.29. The summed E-state index contributed by atoms with van der Waals surface area (Å²) in [5.74, 6) is -0.0731. The molecule has 0 saturated carbocycles. The molecule has 1 atom stereocenters. The van der Waals surface area contributed by atoms with Gasteiger partial charge in [0.25, 0.3) is 5.91 Å². The largest absolute Gasteiger partial charge is 0.337 e. The second-order valence-corrected chi connectivity index (χ2v) is 5.85. The maximum Gasteiger partial charge on any atom is 0.271 e. The van der Waals surface area contributed by atoms with Crippen molar-refractivity contribution in [1.82, 2.24) is 20.1 Å². The highest BCUT2D eigenvalue weighted by Crippen LogP contribution is 2.20. The third-order valence-electron chi connectivity index (χ3n) is 3.79.